The predicted octanol–water partition coefficient (Wildman–Crippen LogP) is 1.88. The van der Waals surface area contributed by atoms with E-state index in [4.69, 9.17) is 0 Å². The molecule has 0 aliphatic carbocycles. The maximum absolute atomic E-state index is 9.93. The molecule has 0 aromatic heterocycles. The fourth-order valence-electron chi connectivity index (χ4n) is 1.57. The van der Waals surface area contributed by atoms with Crippen LogP contribution in [0.25, 0.3) is 0 Å². The van der Waals surface area contributed by atoms with Crippen molar-refractivity contribution in [2.24, 2.45) is 4.99 Å². The second kappa shape index (κ2) is 4.05. The van der Waals surface area contributed by atoms with Crippen molar-refractivity contribution in [1.29, 1.82) is 0 Å². The SMILES string of the molecule is O=COCCC1=Nc2ccccc2C1. The highest BCUT2D eigenvalue weighted by Crippen LogP contribution is 2.26. The van der Waals surface area contributed by atoms with Crippen LogP contribution in [-0.4, -0.2) is 18.8 Å². The molecule has 0 atom stereocenters. The molecule has 3 heteroatoms. The van der Waals surface area contributed by atoms with Crippen molar-refractivity contribution in [3.05, 3.63) is 29.8 Å². The second-order valence-corrected chi connectivity index (χ2v) is 3.20. The van der Waals surface area contributed by atoms with Gasteiger partial charge in [0.05, 0.1) is 12.3 Å². The van der Waals surface area contributed by atoms with E-state index >= 15 is 0 Å². The van der Waals surface area contributed by atoms with Gasteiger partial charge in [0.25, 0.3) is 6.47 Å². The summed E-state index contributed by atoms with van der Waals surface area (Å²) in [6, 6.07) is 8.07. The number of fused-ring (bicyclic) bond motifs is 1. The third-order valence-corrected chi connectivity index (χ3v) is 2.24. The Morgan fingerprint density at radius 2 is 2.29 bits per heavy atom. The molecule has 0 fully saturated rings. The largest absolute Gasteiger partial charge is 0.467 e. The molecule has 0 N–H and O–H groups in total. The van der Waals surface area contributed by atoms with Crippen molar-refractivity contribution in [2.75, 3.05) is 6.61 Å². The van der Waals surface area contributed by atoms with Gasteiger partial charge in [-0.3, -0.25) is 9.79 Å². The first-order chi connectivity index (χ1) is 6.90. The molecule has 0 saturated heterocycles. The summed E-state index contributed by atoms with van der Waals surface area (Å²) in [6.45, 7) is 0.902. The van der Waals surface area contributed by atoms with Crippen molar-refractivity contribution in [3.63, 3.8) is 0 Å². The van der Waals surface area contributed by atoms with E-state index in [2.05, 4.69) is 15.8 Å². The Kier molecular flexibility index (Phi) is 2.58. The van der Waals surface area contributed by atoms with Crippen LogP contribution in [0, 0.1) is 0 Å². The lowest BCUT2D eigenvalue weighted by Crippen LogP contribution is -2.03. The van der Waals surface area contributed by atoms with Gasteiger partial charge in [0.1, 0.15) is 0 Å². The standard InChI is InChI=1S/C11H11NO2/c13-8-14-6-5-10-7-9-3-1-2-4-11(9)12-10/h1-4,8H,5-7H2. The molecule has 1 aliphatic heterocycles. The molecule has 0 unspecified atom stereocenters. The number of para-hydroxylation sites is 1. The summed E-state index contributed by atoms with van der Waals surface area (Å²) in [5.74, 6) is 0. The lowest BCUT2D eigenvalue weighted by atomic mass is 10.1. The van der Waals surface area contributed by atoms with Gasteiger partial charge in [0.2, 0.25) is 0 Å². The summed E-state index contributed by atoms with van der Waals surface area (Å²) in [6.07, 6.45) is 1.62. The van der Waals surface area contributed by atoms with Crippen molar-refractivity contribution < 1.29 is 9.53 Å². The van der Waals surface area contributed by atoms with Crippen molar-refractivity contribution in [2.45, 2.75) is 12.8 Å². The Morgan fingerprint density at radius 3 is 3.07 bits per heavy atom. The molecular weight excluding hydrogens is 178 g/mol. The van der Waals surface area contributed by atoms with Crippen LogP contribution in [0.2, 0.25) is 0 Å². The minimum Gasteiger partial charge on any atom is -0.467 e. The fraction of sp³-hybridized carbons (Fsp3) is 0.273. The Balaban J connectivity index is 1.98. The summed E-state index contributed by atoms with van der Waals surface area (Å²) in [7, 11) is 0. The maximum atomic E-state index is 9.93. The van der Waals surface area contributed by atoms with E-state index < -0.39 is 0 Å². The van der Waals surface area contributed by atoms with E-state index in [1.54, 1.807) is 0 Å². The molecule has 0 amide bonds. The van der Waals surface area contributed by atoms with Crippen LogP contribution in [0.4, 0.5) is 5.69 Å². The number of benzene rings is 1. The summed E-state index contributed by atoms with van der Waals surface area (Å²) < 4.78 is 4.63. The van der Waals surface area contributed by atoms with E-state index in [1.165, 1.54) is 5.56 Å². The van der Waals surface area contributed by atoms with Crippen molar-refractivity contribution >= 4 is 17.9 Å². The Hall–Kier alpha value is -1.64. The minimum atomic E-state index is 0.427. The van der Waals surface area contributed by atoms with Crippen molar-refractivity contribution in [3.8, 4) is 0 Å². The van der Waals surface area contributed by atoms with E-state index in [9.17, 15) is 4.79 Å². The quantitative estimate of drug-likeness (QED) is 0.535. The first-order valence-corrected chi connectivity index (χ1v) is 4.60. The number of rotatable bonds is 4. The first kappa shape index (κ1) is 8.94. The van der Waals surface area contributed by atoms with Gasteiger partial charge in [0, 0.05) is 18.6 Å². The van der Waals surface area contributed by atoms with Gasteiger partial charge in [-0.15, -0.1) is 0 Å². The molecule has 72 valence electrons. The maximum Gasteiger partial charge on any atom is 0.293 e. The van der Waals surface area contributed by atoms with Crippen LogP contribution in [-0.2, 0) is 16.0 Å². The molecule has 1 aromatic rings. The number of nitrogens with zero attached hydrogens (tertiary/aromatic N) is 1. The smallest absolute Gasteiger partial charge is 0.293 e. The Bertz CT molecular complexity index is 371. The third kappa shape index (κ3) is 1.82. The number of ether oxygens (including phenoxy) is 1. The van der Waals surface area contributed by atoms with Gasteiger partial charge < -0.3 is 4.74 Å². The topological polar surface area (TPSA) is 38.7 Å². The van der Waals surface area contributed by atoms with Crippen LogP contribution < -0.4 is 0 Å². The summed E-state index contributed by atoms with van der Waals surface area (Å²) >= 11 is 0. The van der Waals surface area contributed by atoms with E-state index in [0.29, 0.717) is 13.1 Å². The van der Waals surface area contributed by atoms with E-state index in [0.717, 1.165) is 24.2 Å². The molecule has 0 spiro atoms. The van der Waals surface area contributed by atoms with Crippen LogP contribution in [0.1, 0.15) is 12.0 Å². The summed E-state index contributed by atoms with van der Waals surface area (Å²) in [5, 5.41) is 0. The van der Waals surface area contributed by atoms with E-state index in [-0.39, 0.29) is 0 Å². The molecule has 2 rings (SSSR count). The summed E-state index contributed by atoms with van der Waals surface area (Å²) in [4.78, 5) is 14.4. The van der Waals surface area contributed by atoms with Gasteiger partial charge in [-0.25, -0.2) is 0 Å². The molecule has 3 nitrogen and oxygen atoms in total. The van der Waals surface area contributed by atoms with Gasteiger partial charge in [-0.1, -0.05) is 18.2 Å². The van der Waals surface area contributed by atoms with Crippen LogP contribution in [0.5, 0.6) is 0 Å². The molecule has 14 heavy (non-hydrogen) atoms. The zero-order valence-corrected chi connectivity index (χ0v) is 7.77. The van der Waals surface area contributed by atoms with Gasteiger partial charge in [-0.05, 0) is 11.6 Å². The number of aliphatic imine (C=N–C) groups is 1. The lowest BCUT2D eigenvalue weighted by molar-refractivity contribution is -0.128. The zero-order valence-electron chi connectivity index (χ0n) is 7.77. The van der Waals surface area contributed by atoms with Crippen molar-refractivity contribution in [1.82, 2.24) is 0 Å². The lowest BCUT2D eigenvalue weighted by Gasteiger charge is -1.97. The first-order valence-electron chi connectivity index (χ1n) is 4.60. The average molecular weight is 189 g/mol. The average Bonchev–Trinajstić information content (AvgIpc) is 2.60. The highest BCUT2D eigenvalue weighted by Gasteiger charge is 2.12. The molecule has 1 heterocycles. The van der Waals surface area contributed by atoms with Crippen LogP contribution >= 0.6 is 0 Å². The molecule has 0 radical (unpaired) electrons. The monoisotopic (exact) mass is 189 g/mol. The number of hydrogen-bond acceptors (Lipinski definition) is 3. The van der Waals surface area contributed by atoms with E-state index in [1.807, 2.05) is 18.2 Å². The van der Waals surface area contributed by atoms with Crippen LogP contribution in [0.3, 0.4) is 0 Å². The Morgan fingerprint density at radius 1 is 1.43 bits per heavy atom. The third-order valence-electron chi connectivity index (χ3n) is 2.24. The number of carbonyl (C=O) groups is 1. The van der Waals surface area contributed by atoms with Crippen LogP contribution in [0.15, 0.2) is 29.3 Å². The predicted molar refractivity (Wildman–Crippen MR) is 53.9 cm³/mol. The normalized spacial score (nSPS) is 13.3. The highest BCUT2D eigenvalue weighted by atomic mass is 16.5. The molecule has 1 aliphatic rings. The summed E-state index contributed by atoms with van der Waals surface area (Å²) in [5.41, 5.74) is 3.40. The second-order valence-electron chi connectivity index (χ2n) is 3.20. The fourth-order valence-corrected chi connectivity index (χ4v) is 1.57. The van der Waals surface area contributed by atoms with Gasteiger partial charge >= 0.3 is 0 Å². The molecule has 1 aromatic carbocycles. The zero-order chi connectivity index (χ0) is 9.80. The highest BCUT2D eigenvalue weighted by molar-refractivity contribution is 5.93. The molecular formula is C11H11NO2. The molecule has 0 saturated carbocycles. The molecule has 0 bridgehead atoms. The minimum absolute atomic E-state index is 0.427. The number of hydrogen-bond donors (Lipinski definition) is 0. The van der Waals surface area contributed by atoms with Gasteiger partial charge in [-0.2, -0.15) is 0 Å². The Labute approximate surface area is 82.4 Å². The van der Waals surface area contributed by atoms with Gasteiger partial charge in [0.15, 0.2) is 0 Å². The number of carbonyl (C=O) groups excluding carboxylic acids is 1.